The van der Waals surface area contributed by atoms with E-state index in [2.05, 4.69) is 42.2 Å². The first kappa shape index (κ1) is 12.8. The molecule has 1 heterocycles. The lowest BCUT2D eigenvalue weighted by Gasteiger charge is -2.02. The van der Waals surface area contributed by atoms with Gasteiger partial charge in [0.05, 0.1) is 6.04 Å². The fourth-order valence-electron chi connectivity index (χ4n) is 1.93. The minimum absolute atomic E-state index is 0.145. The van der Waals surface area contributed by atoms with E-state index in [1.807, 2.05) is 6.07 Å². The lowest BCUT2D eigenvalue weighted by atomic mass is 10.1. The number of nitrogens with two attached hydrogens (primary N) is 1. The van der Waals surface area contributed by atoms with Crippen LogP contribution in [-0.2, 0) is 6.42 Å². The Labute approximate surface area is 107 Å². The Hall–Kier alpha value is -1.68. The average Bonchev–Trinajstić information content (AvgIpc) is 2.78. The second-order valence-electron chi connectivity index (χ2n) is 4.61. The van der Waals surface area contributed by atoms with Gasteiger partial charge in [-0.1, -0.05) is 48.3 Å². The van der Waals surface area contributed by atoms with E-state index in [0.29, 0.717) is 18.1 Å². The molecule has 0 aliphatic rings. The zero-order chi connectivity index (χ0) is 13.0. The number of hydrogen-bond donors (Lipinski definition) is 1. The number of hydrogen-bond acceptors (Lipinski definition) is 4. The van der Waals surface area contributed by atoms with Crippen LogP contribution >= 0.6 is 0 Å². The molecule has 0 spiro atoms. The average molecular weight is 245 g/mol. The number of aryl methyl sites for hydroxylation is 1. The first-order valence-electron chi connectivity index (χ1n) is 6.32. The number of nitrogens with zero attached hydrogens (tertiary/aromatic N) is 2. The zero-order valence-corrected chi connectivity index (χ0v) is 10.9. The van der Waals surface area contributed by atoms with Crippen LogP contribution in [-0.4, -0.2) is 10.1 Å². The standard InChI is InChI=1S/C14H19N3O/c1-3-5-12(15)14-16-13(17-18-14)9-11-7-4-6-10(2)8-11/h4,6-8,12H,3,5,9,15H2,1-2H3/t12-/m1/s1. The molecule has 4 heteroatoms. The van der Waals surface area contributed by atoms with Gasteiger partial charge in [0.25, 0.3) is 0 Å². The van der Waals surface area contributed by atoms with Crippen LogP contribution in [0.25, 0.3) is 0 Å². The Morgan fingerprint density at radius 3 is 2.94 bits per heavy atom. The summed E-state index contributed by atoms with van der Waals surface area (Å²) in [6, 6.07) is 8.15. The Morgan fingerprint density at radius 2 is 2.22 bits per heavy atom. The smallest absolute Gasteiger partial charge is 0.243 e. The van der Waals surface area contributed by atoms with Crippen LogP contribution in [0.1, 0.15) is 48.6 Å². The molecule has 0 aliphatic carbocycles. The van der Waals surface area contributed by atoms with Crippen molar-refractivity contribution in [3.63, 3.8) is 0 Å². The van der Waals surface area contributed by atoms with Gasteiger partial charge < -0.3 is 10.3 Å². The number of rotatable bonds is 5. The summed E-state index contributed by atoms with van der Waals surface area (Å²) in [4.78, 5) is 4.35. The molecule has 1 atom stereocenters. The molecule has 0 saturated heterocycles. The molecule has 96 valence electrons. The molecule has 2 aromatic rings. The number of benzene rings is 1. The Bertz CT molecular complexity index is 507. The third-order valence-corrected chi connectivity index (χ3v) is 2.85. The lowest BCUT2D eigenvalue weighted by molar-refractivity contribution is 0.345. The highest BCUT2D eigenvalue weighted by atomic mass is 16.5. The lowest BCUT2D eigenvalue weighted by Crippen LogP contribution is -2.10. The van der Waals surface area contributed by atoms with E-state index in [1.54, 1.807) is 0 Å². The monoisotopic (exact) mass is 245 g/mol. The summed E-state index contributed by atoms with van der Waals surface area (Å²) in [6.45, 7) is 4.16. The molecule has 1 aromatic carbocycles. The summed E-state index contributed by atoms with van der Waals surface area (Å²) in [5.41, 5.74) is 8.36. The van der Waals surface area contributed by atoms with Gasteiger partial charge in [-0.2, -0.15) is 4.98 Å². The van der Waals surface area contributed by atoms with Gasteiger partial charge in [0, 0.05) is 6.42 Å². The van der Waals surface area contributed by atoms with E-state index < -0.39 is 0 Å². The highest BCUT2D eigenvalue weighted by molar-refractivity contribution is 5.24. The van der Waals surface area contributed by atoms with Gasteiger partial charge in [0.2, 0.25) is 5.89 Å². The summed E-state index contributed by atoms with van der Waals surface area (Å²) in [7, 11) is 0. The van der Waals surface area contributed by atoms with E-state index in [9.17, 15) is 0 Å². The van der Waals surface area contributed by atoms with Gasteiger partial charge >= 0.3 is 0 Å². The Kier molecular flexibility index (Phi) is 4.10. The van der Waals surface area contributed by atoms with Gasteiger partial charge in [0.1, 0.15) is 0 Å². The highest BCUT2D eigenvalue weighted by Crippen LogP contribution is 2.15. The minimum Gasteiger partial charge on any atom is -0.338 e. The SMILES string of the molecule is CCC[C@@H](N)c1nc(Cc2cccc(C)c2)no1. The van der Waals surface area contributed by atoms with Crippen molar-refractivity contribution in [2.75, 3.05) is 0 Å². The van der Waals surface area contributed by atoms with Crippen molar-refractivity contribution in [3.8, 4) is 0 Å². The van der Waals surface area contributed by atoms with E-state index in [-0.39, 0.29) is 6.04 Å². The quantitative estimate of drug-likeness (QED) is 0.879. The molecule has 0 radical (unpaired) electrons. The zero-order valence-electron chi connectivity index (χ0n) is 10.9. The molecule has 0 amide bonds. The van der Waals surface area contributed by atoms with Gasteiger partial charge in [-0.3, -0.25) is 0 Å². The van der Waals surface area contributed by atoms with Crippen LogP contribution in [0.2, 0.25) is 0 Å². The van der Waals surface area contributed by atoms with Crippen LogP contribution in [0.5, 0.6) is 0 Å². The Morgan fingerprint density at radius 1 is 1.39 bits per heavy atom. The van der Waals surface area contributed by atoms with Crippen LogP contribution in [0, 0.1) is 6.92 Å². The normalized spacial score (nSPS) is 12.6. The van der Waals surface area contributed by atoms with Gasteiger partial charge in [-0.25, -0.2) is 0 Å². The largest absolute Gasteiger partial charge is 0.338 e. The summed E-state index contributed by atoms with van der Waals surface area (Å²) in [5, 5.41) is 3.98. The fraction of sp³-hybridized carbons (Fsp3) is 0.429. The summed E-state index contributed by atoms with van der Waals surface area (Å²) in [6.07, 6.45) is 2.56. The predicted octanol–water partition coefficient (Wildman–Crippen LogP) is 2.77. The second kappa shape index (κ2) is 5.78. The van der Waals surface area contributed by atoms with Crippen molar-refractivity contribution >= 4 is 0 Å². The molecule has 0 aliphatic heterocycles. The highest BCUT2D eigenvalue weighted by Gasteiger charge is 2.13. The molecular weight excluding hydrogens is 226 g/mol. The van der Waals surface area contributed by atoms with Crippen molar-refractivity contribution in [1.82, 2.24) is 10.1 Å². The number of aromatic nitrogens is 2. The molecule has 0 fully saturated rings. The summed E-state index contributed by atoms with van der Waals surface area (Å²) in [5.74, 6) is 1.24. The van der Waals surface area contributed by atoms with Crippen molar-refractivity contribution in [2.45, 2.75) is 39.2 Å². The first-order valence-corrected chi connectivity index (χ1v) is 6.32. The van der Waals surface area contributed by atoms with Gasteiger partial charge in [-0.15, -0.1) is 0 Å². The topological polar surface area (TPSA) is 64.9 Å². The molecule has 2 N–H and O–H groups in total. The van der Waals surface area contributed by atoms with Gasteiger partial charge in [0.15, 0.2) is 5.82 Å². The van der Waals surface area contributed by atoms with E-state index in [1.165, 1.54) is 11.1 Å². The van der Waals surface area contributed by atoms with Crippen LogP contribution < -0.4 is 5.73 Å². The molecule has 1 aromatic heterocycles. The third kappa shape index (κ3) is 3.17. The molecule has 0 saturated carbocycles. The van der Waals surface area contributed by atoms with Crippen molar-refractivity contribution in [3.05, 3.63) is 47.1 Å². The van der Waals surface area contributed by atoms with Crippen molar-refractivity contribution in [1.29, 1.82) is 0 Å². The first-order chi connectivity index (χ1) is 8.69. The predicted molar refractivity (Wildman–Crippen MR) is 70.1 cm³/mol. The fourth-order valence-corrected chi connectivity index (χ4v) is 1.93. The molecule has 2 rings (SSSR count). The minimum atomic E-state index is -0.145. The second-order valence-corrected chi connectivity index (χ2v) is 4.61. The maximum absolute atomic E-state index is 5.94. The molecule has 18 heavy (non-hydrogen) atoms. The van der Waals surface area contributed by atoms with E-state index in [4.69, 9.17) is 10.3 Å². The van der Waals surface area contributed by atoms with E-state index >= 15 is 0 Å². The van der Waals surface area contributed by atoms with Crippen LogP contribution in [0.4, 0.5) is 0 Å². The van der Waals surface area contributed by atoms with Gasteiger partial charge in [-0.05, 0) is 18.9 Å². The third-order valence-electron chi connectivity index (χ3n) is 2.85. The summed E-state index contributed by atoms with van der Waals surface area (Å²) >= 11 is 0. The Balaban J connectivity index is 2.06. The molecule has 0 bridgehead atoms. The summed E-state index contributed by atoms with van der Waals surface area (Å²) < 4.78 is 5.20. The van der Waals surface area contributed by atoms with Crippen molar-refractivity contribution < 1.29 is 4.52 Å². The van der Waals surface area contributed by atoms with Crippen LogP contribution in [0.3, 0.4) is 0 Å². The van der Waals surface area contributed by atoms with Crippen LogP contribution in [0.15, 0.2) is 28.8 Å². The maximum Gasteiger partial charge on any atom is 0.243 e. The maximum atomic E-state index is 5.94. The molecular formula is C14H19N3O. The molecule has 0 unspecified atom stereocenters. The van der Waals surface area contributed by atoms with E-state index in [0.717, 1.165) is 12.8 Å². The van der Waals surface area contributed by atoms with Crippen molar-refractivity contribution in [2.24, 2.45) is 5.73 Å². The molecule has 4 nitrogen and oxygen atoms in total.